The van der Waals surface area contributed by atoms with E-state index in [1.54, 1.807) is 0 Å². The molecule has 0 bridgehead atoms. The second-order valence-corrected chi connectivity index (χ2v) is 12.8. The fourth-order valence-electron chi connectivity index (χ4n) is 7.81. The molecule has 3 heterocycles. The molecular weight excluding hydrogens is 593 g/mol. The van der Waals surface area contributed by atoms with Crippen LogP contribution in [0, 0.1) is 0 Å². The zero-order chi connectivity index (χ0) is 32.3. The van der Waals surface area contributed by atoms with Crippen molar-refractivity contribution in [2.45, 2.75) is 0 Å². The summed E-state index contributed by atoms with van der Waals surface area (Å²) in [6, 6.07) is 65.6. The van der Waals surface area contributed by atoms with Crippen LogP contribution in [0.15, 0.2) is 182 Å². The molecule has 1 aromatic heterocycles. The number of hydrogen-bond acceptors (Lipinski definition) is 3. The summed E-state index contributed by atoms with van der Waals surface area (Å²) in [6.45, 7) is 0.162. The van der Waals surface area contributed by atoms with E-state index in [4.69, 9.17) is 4.98 Å². The third kappa shape index (κ3) is 4.42. The van der Waals surface area contributed by atoms with E-state index in [9.17, 15) is 0 Å². The molecule has 2 aliphatic heterocycles. The summed E-state index contributed by atoms with van der Waals surface area (Å²) in [5, 5.41) is 1.18. The molecular formula is C45H30BN3. The van der Waals surface area contributed by atoms with Crippen LogP contribution in [-0.2, 0) is 0 Å². The van der Waals surface area contributed by atoms with Crippen LogP contribution in [0.1, 0.15) is 0 Å². The number of fused-ring (bicyclic) bond motifs is 6. The Balaban J connectivity index is 1.00. The van der Waals surface area contributed by atoms with Gasteiger partial charge in [0.25, 0.3) is 0 Å². The minimum atomic E-state index is 0.162. The fourth-order valence-corrected chi connectivity index (χ4v) is 7.81. The molecule has 0 saturated heterocycles. The highest BCUT2D eigenvalue weighted by molar-refractivity contribution is 6.99. The fraction of sp³-hybridized carbons (Fsp3) is 0. The Labute approximate surface area is 286 Å². The number of pyridine rings is 1. The van der Waals surface area contributed by atoms with Crippen molar-refractivity contribution in [3.8, 4) is 22.4 Å². The van der Waals surface area contributed by atoms with Gasteiger partial charge >= 0.3 is 0 Å². The molecule has 0 saturated carbocycles. The number of para-hydroxylation sites is 6. The average molecular weight is 624 g/mol. The third-order valence-corrected chi connectivity index (χ3v) is 10.0. The Hall–Kier alpha value is -6.39. The number of rotatable bonds is 4. The summed E-state index contributed by atoms with van der Waals surface area (Å²) in [5.41, 5.74) is 16.6. The summed E-state index contributed by atoms with van der Waals surface area (Å²) >= 11 is 0. The van der Waals surface area contributed by atoms with Crippen LogP contribution in [0.2, 0.25) is 0 Å². The van der Waals surface area contributed by atoms with Crippen LogP contribution in [0.3, 0.4) is 0 Å². The van der Waals surface area contributed by atoms with Gasteiger partial charge < -0.3 is 9.80 Å². The average Bonchev–Trinajstić information content (AvgIpc) is 3.49. The molecule has 0 spiro atoms. The smallest absolute Gasteiger partial charge is 0.244 e. The normalized spacial score (nSPS) is 12.8. The molecule has 0 unspecified atom stereocenters. The summed E-state index contributed by atoms with van der Waals surface area (Å²) in [5.74, 6) is 0. The number of hydrogen-bond donors (Lipinski definition) is 0. The SMILES string of the molecule is c1ccc(N2c3ccccc3N(c3ccc(-c4ccc(B5c6ccccc6-c6nc7ccccc7cc65)cc4)cc3)c3ccccc32)cc1. The second kappa shape index (κ2) is 11.1. The highest BCUT2D eigenvalue weighted by Gasteiger charge is 2.35. The van der Waals surface area contributed by atoms with Gasteiger partial charge in [0, 0.05) is 11.4 Å². The van der Waals surface area contributed by atoms with Crippen LogP contribution in [-0.4, -0.2) is 11.7 Å². The maximum atomic E-state index is 5.13. The van der Waals surface area contributed by atoms with E-state index in [2.05, 4.69) is 192 Å². The first-order valence-electron chi connectivity index (χ1n) is 16.8. The molecule has 0 amide bonds. The molecule has 2 aliphatic rings. The van der Waals surface area contributed by atoms with Gasteiger partial charge in [-0.25, -0.2) is 4.98 Å². The van der Waals surface area contributed by atoms with Crippen molar-refractivity contribution in [1.29, 1.82) is 0 Å². The number of nitrogens with zero attached hydrogens (tertiary/aromatic N) is 3. The van der Waals surface area contributed by atoms with E-state index >= 15 is 0 Å². The first-order chi connectivity index (χ1) is 24.3. The van der Waals surface area contributed by atoms with E-state index in [0.29, 0.717) is 0 Å². The van der Waals surface area contributed by atoms with Crippen molar-refractivity contribution in [2.75, 3.05) is 9.80 Å². The van der Waals surface area contributed by atoms with E-state index in [1.807, 2.05) is 0 Å². The predicted octanol–water partition coefficient (Wildman–Crippen LogP) is 9.65. The number of aromatic nitrogens is 1. The zero-order valence-electron chi connectivity index (χ0n) is 26.7. The van der Waals surface area contributed by atoms with Crippen molar-refractivity contribution in [3.63, 3.8) is 0 Å². The lowest BCUT2D eigenvalue weighted by atomic mass is 9.39. The molecule has 7 aromatic carbocycles. The molecule has 0 fully saturated rings. The quantitative estimate of drug-likeness (QED) is 0.182. The highest BCUT2D eigenvalue weighted by atomic mass is 15.3. The van der Waals surface area contributed by atoms with Gasteiger partial charge in [-0.3, -0.25) is 0 Å². The van der Waals surface area contributed by atoms with Crippen LogP contribution < -0.4 is 26.2 Å². The van der Waals surface area contributed by atoms with Gasteiger partial charge in [-0.2, -0.15) is 0 Å². The Bertz CT molecular complexity index is 2460. The number of anilines is 6. The lowest BCUT2D eigenvalue weighted by Crippen LogP contribution is -2.48. The standard InChI is InChI=1S/C45H30BN3/c1-2-13-35(14-3-1)48-41-18-8-10-20-43(41)49(44-21-11-9-19-42(44)48)36-28-24-32(25-29-36)31-22-26-34(27-23-31)46-38-16-6-5-15-37(38)45-39(46)30-33-12-4-7-17-40(33)47-45/h1-30H. The molecule has 0 aliphatic carbocycles. The Morgan fingerprint density at radius 2 is 0.918 bits per heavy atom. The lowest BCUT2D eigenvalue weighted by Gasteiger charge is -2.40. The minimum absolute atomic E-state index is 0.162. The third-order valence-electron chi connectivity index (χ3n) is 10.0. The number of benzene rings is 7. The monoisotopic (exact) mass is 623 g/mol. The molecule has 49 heavy (non-hydrogen) atoms. The van der Waals surface area contributed by atoms with Crippen molar-refractivity contribution < 1.29 is 0 Å². The van der Waals surface area contributed by atoms with Gasteiger partial charge in [0.1, 0.15) is 0 Å². The molecule has 4 heteroatoms. The van der Waals surface area contributed by atoms with E-state index in [-0.39, 0.29) is 6.71 Å². The van der Waals surface area contributed by atoms with Crippen molar-refractivity contribution in [3.05, 3.63) is 182 Å². The van der Waals surface area contributed by atoms with Gasteiger partial charge in [0.2, 0.25) is 6.71 Å². The van der Waals surface area contributed by atoms with E-state index in [0.717, 1.165) is 45.3 Å². The van der Waals surface area contributed by atoms with Crippen LogP contribution >= 0.6 is 0 Å². The molecule has 0 atom stereocenters. The predicted molar refractivity (Wildman–Crippen MR) is 207 cm³/mol. The first-order valence-corrected chi connectivity index (χ1v) is 16.8. The van der Waals surface area contributed by atoms with E-state index < -0.39 is 0 Å². The maximum absolute atomic E-state index is 5.13. The van der Waals surface area contributed by atoms with Gasteiger partial charge in [-0.15, -0.1) is 0 Å². The second-order valence-electron chi connectivity index (χ2n) is 12.8. The summed E-state index contributed by atoms with van der Waals surface area (Å²) in [4.78, 5) is 9.86. The van der Waals surface area contributed by atoms with Crippen LogP contribution in [0.25, 0.3) is 33.3 Å². The first kappa shape index (κ1) is 27.7. The minimum Gasteiger partial charge on any atom is -0.306 e. The van der Waals surface area contributed by atoms with Crippen molar-refractivity contribution in [1.82, 2.24) is 4.98 Å². The van der Waals surface area contributed by atoms with E-state index in [1.165, 1.54) is 38.5 Å². The Morgan fingerprint density at radius 3 is 1.57 bits per heavy atom. The summed E-state index contributed by atoms with van der Waals surface area (Å²) in [6.07, 6.45) is 0. The van der Waals surface area contributed by atoms with Crippen LogP contribution in [0.4, 0.5) is 34.1 Å². The molecule has 228 valence electrons. The largest absolute Gasteiger partial charge is 0.306 e. The zero-order valence-corrected chi connectivity index (χ0v) is 26.7. The van der Waals surface area contributed by atoms with Gasteiger partial charge in [0.15, 0.2) is 0 Å². The topological polar surface area (TPSA) is 19.4 Å². The maximum Gasteiger partial charge on any atom is 0.244 e. The summed E-state index contributed by atoms with van der Waals surface area (Å²) < 4.78 is 0. The molecule has 10 rings (SSSR count). The lowest BCUT2D eigenvalue weighted by molar-refractivity contribution is 1.17. The Kier molecular flexibility index (Phi) is 6.28. The van der Waals surface area contributed by atoms with Crippen molar-refractivity contribution >= 4 is 68.1 Å². The van der Waals surface area contributed by atoms with Gasteiger partial charge in [-0.1, -0.05) is 138 Å². The molecule has 3 nitrogen and oxygen atoms in total. The Morgan fingerprint density at radius 1 is 0.408 bits per heavy atom. The molecule has 0 radical (unpaired) electrons. The molecule has 8 aromatic rings. The van der Waals surface area contributed by atoms with Crippen LogP contribution in [0.5, 0.6) is 0 Å². The van der Waals surface area contributed by atoms with Gasteiger partial charge in [0.05, 0.1) is 34.0 Å². The summed E-state index contributed by atoms with van der Waals surface area (Å²) in [7, 11) is 0. The van der Waals surface area contributed by atoms with Crippen molar-refractivity contribution in [2.24, 2.45) is 0 Å². The van der Waals surface area contributed by atoms with Gasteiger partial charge in [-0.05, 0) is 82.1 Å². The molecule has 0 N–H and O–H groups in total. The highest BCUT2D eigenvalue weighted by Crippen LogP contribution is 2.53.